The molecule has 2 aliphatic rings. The highest BCUT2D eigenvalue weighted by molar-refractivity contribution is 5.92. The SMILES string of the molecule is COc1ccc(C2(NC(=O)c3cn(C4CCNCC4)nn3)CCCC2)cc1.Cl. The van der Waals surface area contributed by atoms with E-state index in [0.717, 1.165) is 62.9 Å². The monoisotopic (exact) mass is 405 g/mol. The van der Waals surface area contributed by atoms with Crippen LogP contribution >= 0.6 is 12.4 Å². The van der Waals surface area contributed by atoms with Gasteiger partial charge in [-0.3, -0.25) is 4.79 Å². The number of amides is 1. The van der Waals surface area contributed by atoms with E-state index >= 15 is 0 Å². The number of rotatable bonds is 5. The number of benzene rings is 1. The molecular formula is C20H28ClN5O2. The third kappa shape index (κ3) is 4.15. The zero-order valence-corrected chi connectivity index (χ0v) is 17.0. The molecule has 2 fully saturated rings. The molecule has 8 heteroatoms. The molecule has 1 aromatic carbocycles. The van der Waals surface area contributed by atoms with Crippen molar-refractivity contribution in [2.45, 2.75) is 50.1 Å². The lowest BCUT2D eigenvalue weighted by atomic mass is 9.88. The first kappa shape index (κ1) is 20.6. The Morgan fingerprint density at radius 2 is 1.89 bits per heavy atom. The van der Waals surface area contributed by atoms with Gasteiger partial charge in [0.05, 0.1) is 24.9 Å². The second-order valence-corrected chi connectivity index (χ2v) is 7.54. The van der Waals surface area contributed by atoms with Gasteiger partial charge in [-0.05, 0) is 56.5 Å². The Bertz CT molecular complexity index is 780. The number of carbonyl (C=O) groups excluding carboxylic acids is 1. The lowest BCUT2D eigenvalue weighted by molar-refractivity contribution is 0.0893. The maximum absolute atomic E-state index is 12.9. The number of halogens is 1. The Hall–Kier alpha value is -2.12. The van der Waals surface area contributed by atoms with Crippen LogP contribution in [0.4, 0.5) is 0 Å². The topological polar surface area (TPSA) is 81.1 Å². The third-order valence-corrected chi connectivity index (χ3v) is 5.88. The summed E-state index contributed by atoms with van der Waals surface area (Å²) in [5.41, 5.74) is 1.19. The van der Waals surface area contributed by atoms with Gasteiger partial charge in [-0.15, -0.1) is 17.5 Å². The minimum Gasteiger partial charge on any atom is -0.497 e. The predicted molar refractivity (Wildman–Crippen MR) is 109 cm³/mol. The molecule has 28 heavy (non-hydrogen) atoms. The van der Waals surface area contributed by atoms with E-state index in [4.69, 9.17) is 4.74 Å². The number of piperidine rings is 1. The number of aromatic nitrogens is 3. The number of nitrogens with one attached hydrogen (secondary N) is 2. The fourth-order valence-corrected chi connectivity index (χ4v) is 4.29. The number of hydrogen-bond donors (Lipinski definition) is 2. The number of methoxy groups -OCH3 is 1. The van der Waals surface area contributed by atoms with Crippen LogP contribution in [0.5, 0.6) is 5.75 Å². The molecule has 1 saturated carbocycles. The van der Waals surface area contributed by atoms with Gasteiger partial charge >= 0.3 is 0 Å². The summed E-state index contributed by atoms with van der Waals surface area (Å²) in [6.45, 7) is 1.96. The summed E-state index contributed by atoms with van der Waals surface area (Å²) in [7, 11) is 1.66. The molecule has 2 heterocycles. The Labute approximate surface area is 171 Å². The van der Waals surface area contributed by atoms with E-state index in [1.165, 1.54) is 0 Å². The summed E-state index contributed by atoms with van der Waals surface area (Å²) >= 11 is 0. The summed E-state index contributed by atoms with van der Waals surface area (Å²) in [5, 5.41) is 15.0. The normalized spacial score (nSPS) is 19.0. The average Bonchev–Trinajstić information content (AvgIpc) is 3.39. The number of nitrogens with zero attached hydrogens (tertiary/aromatic N) is 3. The first-order valence-corrected chi connectivity index (χ1v) is 9.80. The minimum atomic E-state index is -0.331. The molecular weight excluding hydrogens is 378 g/mol. The van der Waals surface area contributed by atoms with Gasteiger partial charge in [0.15, 0.2) is 5.69 Å². The lowest BCUT2D eigenvalue weighted by Gasteiger charge is -2.31. The summed E-state index contributed by atoms with van der Waals surface area (Å²) < 4.78 is 7.11. The second-order valence-electron chi connectivity index (χ2n) is 7.54. The Morgan fingerprint density at radius 3 is 2.54 bits per heavy atom. The van der Waals surface area contributed by atoms with Crippen LogP contribution in [0.15, 0.2) is 30.5 Å². The molecule has 0 radical (unpaired) electrons. The molecule has 0 spiro atoms. The maximum Gasteiger partial charge on any atom is 0.274 e. The maximum atomic E-state index is 12.9. The zero-order valence-electron chi connectivity index (χ0n) is 16.2. The number of ether oxygens (including phenoxy) is 1. The third-order valence-electron chi connectivity index (χ3n) is 5.88. The van der Waals surface area contributed by atoms with Crippen LogP contribution in [0.25, 0.3) is 0 Å². The molecule has 7 nitrogen and oxygen atoms in total. The fraction of sp³-hybridized carbons (Fsp3) is 0.550. The van der Waals surface area contributed by atoms with E-state index in [1.54, 1.807) is 13.3 Å². The van der Waals surface area contributed by atoms with E-state index in [9.17, 15) is 4.79 Å². The first-order chi connectivity index (χ1) is 13.2. The Balaban J connectivity index is 0.00000225. The number of carbonyl (C=O) groups is 1. The molecule has 1 aliphatic carbocycles. The van der Waals surface area contributed by atoms with Crippen molar-refractivity contribution in [3.8, 4) is 5.75 Å². The summed E-state index contributed by atoms with van der Waals surface area (Å²) in [6, 6.07) is 8.33. The van der Waals surface area contributed by atoms with Crippen LogP contribution in [0.2, 0.25) is 0 Å². The van der Waals surface area contributed by atoms with Crippen LogP contribution in [0, 0.1) is 0 Å². The molecule has 0 bridgehead atoms. The molecule has 152 valence electrons. The fourth-order valence-electron chi connectivity index (χ4n) is 4.29. The van der Waals surface area contributed by atoms with Crippen molar-refractivity contribution in [1.29, 1.82) is 0 Å². The molecule has 1 aromatic heterocycles. The van der Waals surface area contributed by atoms with Crippen LogP contribution in [-0.2, 0) is 5.54 Å². The summed E-state index contributed by atoms with van der Waals surface area (Å²) in [5.74, 6) is 0.677. The van der Waals surface area contributed by atoms with E-state index in [2.05, 4.69) is 33.1 Å². The molecule has 4 rings (SSSR count). The van der Waals surface area contributed by atoms with E-state index in [0.29, 0.717) is 11.7 Å². The largest absolute Gasteiger partial charge is 0.497 e. The van der Waals surface area contributed by atoms with Crippen molar-refractivity contribution in [1.82, 2.24) is 25.6 Å². The van der Waals surface area contributed by atoms with Crippen LogP contribution in [0.3, 0.4) is 0 Å². The first-order valence-electron chi connectivity index (χ1n) is 9.80. The van der Waals surface area contributed by atoms with Crippen molar-refractivity contribution in [3.05, 3.63) is 41.7 Å². The van der Waals surface area contributed by atoms with Gasteiger partial charge in [0.1, 0.15) is 5.75 Å². The van der Waals surface area contributed by atoms with Gasteiger partial charge in [0.25, 0.3) is 5.91 Å². The van der Waals surface area contributed by atoms with Gasteiger partial charge in [-0.2, -0.15) is 0 Å². The standard InChI is InChI=1S/C20H27N5O2.ClH/c1-27-17-6-4-15(5-7-17)20(10-2-3-11-20)22-19(26)18-14-25(24-23-18)16-8-12-21-13-9-16;/h4-7,14,16,21H,2-3,8-13H2,1H3,(H,22,26);1H. The van der Waals surface area contributed by atoms with Gasteiger partial charge in [0.2, 0.25) is 0 Å². The van der Waals surface area contributed by atoms with E-state index in [-0.39, 0.29) is 23.9 Å². The Morgan fingerprint density at radius 1 is 1.21 bits per heavy atom. The second kappa shape index (κ2) is 8.92. The molecule has 0 atom stereocenters. The Kier molecular flexibility index (Phi) is 6.57. The highest BCUT2D eigenvalue weighted by atomic mass is 35.5. The smallest absolute Gasteiger partial charge is 0.274 e. The summed E-state index contributed by atoms with van der Waals surface area (Å²) in [4.78, 5) is 12.9. The van der Waals surface area contributed by atoms with Crippen molar-refractivity contribution in [3.63, 3.8) is 0 Å². The molecule has 1 aliphatic heterocycles. The molecule has 1 amide bonds. The highest BCUT2D eigenvalue weighted by Gasteiger charge is 2.37. The van der Waals surface area contributed by atoms with Gasteiger partial charge in [-0.25, -0.2) is 4.68 Å². The quantitative estimate of drug-likeness (QED) is 0.799. The molecule has 2 aromatic rings. The van der Waals surface area contributed by atoms with Crippen molar-refractivity contribution >= 4 is 18.3 Å². The summed E-state index contributed by atoms with van der Waals surface area (Å²) in [6.07, 6.45) is 7.91. The zero-order chi connectivity index (χ0) is 18.7. The van der Waals surface area contributed by atoms with Crippen LogP contribution < -0.4 is 15.4 Å². The highest BCUT2D eigenvalue weighted by Crippen LogP contribution is 2.39. The van der Waals surface area contributed by atoms with Gasteiger partial charge in [-0.1, -0.05) is 30.2 Å². The number of hydrogen-bond acceptors (Lipinski definition) is 5. The van der Waals surface area contributed by atoms with Crippen LogP contribution in [-0.4, -0.2) is 41.1 Å². The van der Waals surface area contributed by atoms with Gasteiger partial charge in [0, 0.05) is 0 Å². The van der Waals surface area contributed by atoms with Gasteiger partial charge < -0.3 is 15.4 Å². The predicted octanol–water partition coefficient (Wildman–Crippen LogP) is 2.83. The van der Waals surface area contributed by atoms with E-state index in [1.807, 2.05) is 16.8 Å². The molecule has 2 N–H and O–H groups in total. The van der Waals surface area contributed by atoms with Crippen LogP contribution in [0.1, 0.15) is 60.6 Å². The lowest BCUT2D eigenvalue weighted by Crippen LogP contribution is -2.44. The van der Waals surface area contributed by atoms with E-state index < -0.39 is 0 Å². The van der Waals surface area contributed by atoms with Crippen molar-refractivity contribution < 1.29 is 9.53 Å². The average molecular weight is 406 g/mol. The van der Waals surface area contributed by atoms with Crippen molar-refractivity contribution in [2.75, 3.05) is 20.2 Å². The molecule has 0 unspecified atom stereocenters. The van der Waals surface area contributed by atoms with Crippen molar-refractivity contribution in [2.24, 2.45) is 0 Å². The minimum absolute atomic E-state index is 0. The molecule has 1 saturated heterocycles.